The van der Waals surface area contributed by atoms with Gasteiger partial charge in [0.05, 0.1) is 16.9 Å². The summed E-state index contributed by atoms with van der Waals surface area (Å²) >= 11 is 5.96. The zero-order valence-corrected chi connectivity index (χ0v) is 12.1. The van der Waals surface area contributed by atoms with Crippen molar-refractivity contribution in [2.45, 2.75) is 16.7 Å². The van der Waals surface area contributed by atoms with Gasteiger partial charge in [0.25, 0.3) is 5.69 Å². The van der Waals surface area contributed by atoms with E-state index in [0.29, 0.717) is 0 Å². The normalized spacial score (nSPS) is 13.2. The van der Waals surface area contributed by atoms with Crippen LogP contribution in [0.25, 0.3) is 0 Å². The number of benzene rings is 1. The molecule has 19 heavy (non-hydrogen) atoms. The van der Waals surface area contributed by atoms with Crippen LogP contribution in [0.1, 0.15) is 5.56 Å². The second-order valence-corrected chi connectivity index (χ2v) is 6.65. The van der Waals surface area contributed by atoms with E-state index in [1.54, 1.807) is 0 Å². The first-order chi connectivity index (χ1) is 8.77. The van der Waals surface area contributed by atoms with E-state index in [4.69, 9.17) is 16.3 Å². The molecule has 1 aromatic rings. The minimum atomic E-state index is -3.67. The van der Waals surface area contributed by atoms with Gasteiger partial charge in [0, 0.05) is 18.9 Å². The Balaban J connectivity index is 3.29. The highest BCUT2D eigenvalue weighted by Crippen LogP contribution is 2.29. The summed E-state index contributed by atoms with van der Waals surface area (Å²) in [4.78, 5) is 10.1. The molecule has 0 aliphatic rings. The summed E-state index contributed by atoms with van der Waals surface area (Å²) in [5, 5.41) is 10.6. The lowest BCUT2D eigenvalue weighted by molar-refractivity contribution is -0.388. The van der Waals surface area contributed by atoms with Crippen molar-refractivity contribution in [2.75, 3.05) is 20.0 Å². The van der Waals surface area contributed by atoms with Crippen molar-refractivity contribution < 1.29 is 18.1 Å². The average molecular weight is 308 g/mol. The van der Waals surface area contributed by atoms with E-state index in [-0.39, 0.29) is 23.5 Å². The van der Waals surface area contributed by atoms with Gasteiger partial charge in [-0.15, -0.1) is 11.6 Å². The molecule has 0 aliphatic carbocycles. The molecule has 0 fully saturated rings. The molecule has 0 aliphatic heterocycles. The van der Waals surface area contributed by atoms with Gasteiger partial charge in [0.2, 0.25) is 0 Å². The standard InChI is InChI=1S/C11H14ClNO5S/c1-18-7-9(12)6-8-4-3-5-10(19(2,16)17)11(8)13(14)15/h3-5,9H,6-7H2,1-2H3. The second-order valence-electron chi connectivity index (χ2n) is 4.05. The molecular weight excluding hydrogens is 294 g/mol. The molecule has 0 spiro atoms. The Bertz CT molecular complexity index is 572. The maximum Gasteiger partial charge on any atom is 0.291 e. The monoisotopic (exact) mass is 307 g/mol. The van der Waals surface area contributed by atoms with Crippen LogP contribution in [0.15, 0.2) is 23.1 Å². The Kier molecular flexibility index (Phi) is 5.28. The van der Waals surface area contributed by atoms with Crippen molar-refractivity contribution in [3.05, 3.63) is 33.9 Å². The molecule has 1 atom stereocenters. The maximum absolute atomic E-state index is 11.6. The molecule has 106 valence electrons. The minimum absolute atomic E-state index is 0.162. The lowest BCUT2D eigenvalue weighted by Crippen LogP contribution is -2.13. The molecule has 0 heterocycles. The number of nitro groups is 1. The van der Waals surface area contributed by atoms with E-state index in [9.17, 15) is 18.5 Å². The number of halogens is 1. The van der Waals surface area contributed by atoms with Crippen molar-refractivity contribution in [1.29, 1.82) is 0 Å². The summed E-state index contributed by atoms with van der Waals surface area (Å²) in [6.45, 7) is 0.224. The number of ether oxygens (including phenoxy) is 1. The molecule has 0 radical (unpaired) electrons. The number of methoxy groups -OCH3 is 1. The van der Waals surface area contributed by atoms with Gasteiger partial charge in [-0.2, -0.15) is 0 Å². The van der Waals surface area contributed by atoms with Crippen molar-refractivity contribution in [2.24, 2.45) is 0 Å². The highest BCUT2D eigenvalue weighted by molar-refractivity contribution is 7.90. The molecule has 0 saturated carbocycles. The van der Waals surface area contributed by atoms with Crippen LogP contribution in [0.2, 0.25) is 0 Å². The molecule has 1 rings (SSSR count). The fraction of sp³-hybridized carbons (Fsp3) is 0.455. The van der Waals surface area contributed by atoms with Crippen LogP contribution in [0.4, 0.5) is 5.69 Å². The van der Waals surface area contributed by atoms with Crippen LogP contribution in [0.5, 0.6) is 0 Å². The van der Waals surface area contributed by atoms with Crippen LogP contribution >= 0.6 is 11.6 Å². The lowest BCUT2D eigenvalue weighted by atomic mass is 10.1. The van der Waals surface area contributed by atoms with Gasteiger partial charge in [0.1, 0.15) is 4.90 Å². The summed E-state index contributed by atoms with van der Waals surface area (Å²) in [5.74, 6) is 0. The predicted molar refractivity (Wildman–Crippen MR) is 71.4 cm³/mol. The largest absolute Gasteiger partial charge is 0.383 e. The Morgan fingerprint density at radius 3 is 2.58 bits per heavy atom. The quantitative estimate of drug-likeness (QED) is 0.454. The van der Waals surface area contributed by atoms with Gasteiger partial charge < -0.3 is 4.74 Å². The first-order valence-electron chi connectivity index (χ1n) is 5.36. The third kappa shape index (κ3) is 4.15. The van der Waals surface area contributed by atoms with Crippen LogP contribution < -0.4 is 0 Å². The number of nitro benzene ring substituents is 1. The van der Waals surface area contributed by atoms with Crippen LogP contribution in [0, 0.1) is 10.1 Å². The van der Waals surface area contributed by atoms with Crippen LogP contribution in [-0.2, 0) is 21.0 Å². The van der Waals surface area contributed by atoms with E-state index in [0.717, 1.165) is 6.26 Å². The van der Waals surface area contributed by atoms with E-state index in [2.05, 4.69) is 0 Å². The molecule has 0 saturated heterocycles. The molecule has 1 aromatic carbocycles. The fourth-order valence-corrected chi connectivity index (χ4v) is 2.89. The Labute approximate surface area is 116 Å². The van der Waals surface area contributed by atoms with Gasteiger partial charge >= 0.3 is 0 Å². The van der Waals surface area contributed by atoms with E-state index in [1.807, 2.05) is 0 Å². The molecule has 8 heteroatoms. The van der Waals surface area contributed by atoms with Crippen LogP contribution in [-0.4, -0.2) is 38.7 Å². The molecule has 0 N–H and O–H groups in total. The van der Waals surface area contributed by atoms with Gasteiger partial charge in [0.15, 0.2) is 9.84 Å². The molecular formula is C11H14ClNO5S. The second kappa shape index (κ2) is 6.31. The predicted octanol–water partition coefficient (Wildman–Crippen LogP) is 1.79. The number of nitrogens with zero attached hydrogens (tertiary/aromatic N) is 1. The van der Waals surface area contributed by atoms with Crippen LogP contribution in [0.3, 0.4) is 0 Å². The highest BCUT2D eigenvalue weighted by atomic mass is 35.5. The average Bonchev–Trinajstić information content (AvgIpc) is 2.27. The summed E-state index contributed by atoms with van der Waals surface area (Å²) in [7, 11) is -2.20. The lowest BCUT2D eigenvalue weighted by Gasteiger charge is -2.10. The number of hydrogen-bond donors (Lipinski definition) is 0. The third-order valence-corrected chi connectivity index (χ3v) is 3.86. The van der Waals surface area contributed by atoms with E-state index < -0.39 is 25.8 Å². The van der Waals surface area contributed by atoms with Gasteiger partial charge in [-0.3, -0.25) is 10.1 Å². The molecule has 0 aromatic heterocycles. The summed E-state index contributed by atoms with van der Waals surface area (Å²) in [5.41, 5.74) is -0.128. The Hall–Kier alpha value is -1.18. The summed E-state index contributed by atoms with van der Waals surface area (Å²) in [6.07, 6.45) is 1.10. The van der Waals surface area contributed by atoms with E-state index >= 15 is 0 Å². The molecule has 6 nitrogen and oxygen atoms in total. The Morgan fingerprint density at radius 1 is 1.47 bits per heavy atom. The zero-order chi connectivity index (χ0) is 14.6. The van der Waals surface area contributed by atoms with Crippen molar-refractivity contribution in [1.82, 2.24) is 0 Å². The summed E-state index contributed by atoms with van der Waals surface area (Å²) in [6, 6.07) is 4.18. The van der Waals surface area contributed by atoms with Crippen molar-refractivity contribution in [3.8, 4) is 0 Å². The molecule has 0 bridgehead atoms. The van der Waals surface area contributed by atoms with E-state index in [1.165, 1.54) is 25.3 Å². The van der Waals surface area contributed by atoms with Crippen molar-refractivity contribution in [3.63, 3.8) is 0 Å². The summed E-state index contributed by atoms with van der Waals surface area (Å²) < 4.78 is 28.0. The van der Waals surface area contributed by atoms with Gasteiger partial charge in [-0.25, -0.2) is 8.42 Å². The number of rotatable bonds is 6. The fourth-order valence-electron chi connectivity index (χ4n) is 1.72. The first kappa shape index (κ1) is 15.9. The smallest absolute Gasteiger partial charge is 0.291 e. The van der Waals surface area contributed by atoms with Crippen molar-refractivity contribution >= 4 is 27.1 Å². The Morgan fingerprint density at radius 2 is 2.11 bits per heavy atom. The van der Waals surface area contributed by atoms with Gasteiger partial charge in [-0.05, 0) is 12.5 Å². The minimum Gasteiger partial charge on any atom is -0.383 e. The topological polar surface area (TPSA) is 86.5 Å². The highest BCUT2D eigenvalue weighted by Gasteiger charge is 2.26. The first-order valence-corrected chi connectivity index (χ1v) is 7.69. The SMILES string of the molecule is COCC(Cl)Cc1cccc(S(C)(=O)=O)c1[N+](=O)[O-]. The third-order valence-electron chi connectivity index (χ3n) is 2.45. The number of alkyl halides is 1. The molecule has 1 unspecified atom stereocenters. The van der Waals surface area contributed by atoms with Gasteiger partial charge in [-0.1, -0.05) is 12.1 Å². The zero-order valence-electron chi connectivity index (χ0n) is 10.5. The number of para-hydroxylation sites is 1. The molecule has 0 amide bonds. The number of sulfone groups is 1. The maximum atomic E-state index is 11.6. The number of hydrogen-bond acceptors (Lipinski definition) is 5.